The highest BCUT2D eigenvalue weighted by molar-refractivity contribution is 5.42. The zero-order valence-corrected chi connectivity index (χ0v) is 8.35. The van der Waals surface area contributed by atoms with E-state index in [4.69, 9.17) is 0 Å². The monoisotopic (exact) mass is 199 g/mol. The molecule has 2 heteroatoms. The second kappa shape index (κ2) is 3.24. The van der Waals surface area contributed by atoms with Crippen molar-refractivity contribution in [1.82, 2.24) is 4.98 Å². The van der Waals surface area contributed by atoms with Crippen LogP contribution < -0.4 is 0 Å². The molecule has 0 spiro atoms. The van der Waals surface area contributed by atoms with Gasteiger partial charge < -0.3 is 10.1 Å². The SMILES string of the molecule is O[C@@H]1Cc2ccccc2[C@H]1c1ccc[nH]1. The Balaban J connectivity index is 2.10. The molecule has 15 heavy (non-hydrogen) atoms. The number of H-pyrrole nitrogens is 1. The lowest BCUT2D eigenvalue weighted by Crippen LogP contribution is -2.14. The average molecular weight is 199 g/mol. The molecule has 1 heterocycles. The quantitative estimate of drug-likeness (QED) is 0.724. The molecule has 2 N–H and O–H groups in total. The van der Waals surface area contributed by atoms with Gasteiger partial charge in [-0.1, -0.05) is 24.3 Å². The lowest BCUT2D eigenvalue weighted by Gasteiger charge is -2.14. The largest absolute Gasteiger partial charge is 0.392 e. The first kappa shape index (κ1) is 8.74. The summed E-state index contributed by atoms with van der Waals surface area (Å²) in [6, 6.07) is 12.3. The van der Waals surface area contributed by atoms with Gasteiger partial charge in [-0.25, -0.2) is 0 Å². The van der Waals surface area contributed by atoms with Crippen molar-refractivity contribution >= 4 is 0 Å². The minimum atomic E-state index is -0.291. The summed E-state index contributed by atoms with van der Waals surface area (Å²) in [7, 11) is 0. The smallest absolute Gasteiger partial charge is 0.0704 e. The molecular weight excluding hydrogens is 186 g/mol. The van der Waals surface area contributed by atoms with Crippen molar-refractivity contribution < 1.29 is 5.11 Å². The molecule has 1 aliphatic carbocycles. The van der Waals surface area contributed by atoms with Crippen molar-refractivity contribution in [1.29, 1.82) is 0 Å². The topological polar surface area (TPSA) is 36.0 Å². The van der Waals surface area contributed by atoms with E-state index in [1.54, 1.807) is 0 Å². The number of fused-ring (bicyclic) bond motifs is 1. The molecule has 2 atom stereocenters. The van der Waals surface area contributed by atoms with Crippen LogP contribution >= 0.6 is 0 Å². The van der Waals surface area contributed by atoms with Gasteiger partial charge in [0, 0.05) is 11.9 Å². The van der Waals surface area contributed by atoms with Gasteiger partial charge in [-0.2, -0.15) is 0 Å². The number of benzene rings is 1. The van der Waals surface area contributed by atoms with Crippen molar-refractivity contribution in [2.24, 2.45) is 0 Å². The fourth-order valence-corrected chi connectivity index (χ4v) is 2.49. The van der Waals surface area contributed by atoms with Gasteiger partial charge in [0.25, 0.3) is 0 Å². The van der Waals surface area contributed by atoms with Crippen LogP contribution in [0.2, 0.25) is 0 Å². The van der Waals surface area contributed by atoms with Crippen molar-refractivity contribution in [3.8, 4) is 0 Å². The van der Waals surface area contributed by atoms with Crippen molar-refractivity contribution in [3.63, 3.8) is 0 Å². The van der Waals surface area contributed by atoms with Crippen LogP contribution in [-0.2, 0) is 6.42 Å². The van der Waals surface area contributed by atoms with Crippen molar-refractivity contribution in [2.75, 3.05) is 0 Å². The van der Waals surface area contributed by atoms with E-state index in [0.29, 0.717) is 0 Å². The van der Waals surface area contributed by atoms with Gasteiger partial charge in [0.2, 0.25) is 0 Å². The molecule has 0 radical (unpaired) electrons. The average Bonchev–Trinajstić information content (AvgIpc) is 2.82. The second-order valence-electron chi connectivity index (χ2n) is 4.07. The first-order chi connectivity index (χ1) is 7.36. The maximum atomic E-state index is 10.1. The summed E-state index contributed by atoms with van der Waals surface area (Å²) in [4.78, 5) is 3.19. The summed E-state index contributed by atoms with van der Waals surface area (Å²) in [5.74, 6) is 0.121. The number of hydrogen-bond acceptors (Lipinski definition) is 1. The number of aliphatic hydroxyl groups is 1. The molecule has 3 rings (SSSR count). The van der Waals surface area contributed by atoms with E-state index in [-0.39, 0.29) is 12.0 Å². The molecule has 0 unspecified atom stereocenters. The van der Waals surface area contributed by atoms with Crippen LogP contribution in [0.25, 0.3) is 0 Å². The first-order valence-electron chi connectivity index (χ1n) is 5.25. The third kappa shape index (κ3) is 1.29. The minimum absolute atomic E-state index is 0.121. The van der Waals surface area contributed by atoms with Gasteiger partial charge >= 0.3 is 0 Å². The van der Waals surface area contributed by atoms with Crippen LogP contribution in [0.1, 0.15) is 22.7 Å². The Morgan fingerprint density at radius 3 is 2.80 bits per heavy atom. The summed E-state index contributed by atoms with van der Waals surface area (Å²) < 4.78 is 0. The molecule has 0 fully saturated rings. The van der Waals surface area contributed by atoms with Gasteiger partial charge in [0.1, 0.15) is 0 Å². The standard InChI is InChI=1S/C13H13NO/c15-12-8-9-4-1-2-5-10(9)13(12)11-6-3-7-14-11/h1-7,12-15H,8H2/t12-,13+/m1/s1. The predicted molar refractivity (Wildman–Crippen MR) is 58.8 cm³/mol. The highest BCUT2D eigenvalue weighted by atomic mass is 16.3. The van der Waals surface area contributed by atoms with Crippen molar-refractivity contribution in [3.05, 3.63) is 59.4 Å². The molecule has 2 aromatic rings. The zero-order chi connectivity index (χ0) is 10.3. The van der Waals surface area contributed by atoms with E-state index >= 15 is 0 Å². The predicted octanol–water partition coefficient (Wildman–Crippen LogP) is 2.06. The molecule has 0 bridgehead atoms. The highest BCUT2D eigenvalue weighted by Crippen LogP contribution is 2.37. The molecule has 0 saturated carbocycles. The summed E-state index contributed by atoms with van der Waals surface area (Å²) in [6.07, 6.45) is 2.38. The molecular formula is C13H13NO. The van der Waals surface area contributed by atoms with Gasteiger partial charge in [-0.3, -0.25) is 0 Å². The maximum Gasteiger partial charge on any atom is 0.0704 e. The Labute approximate surface area is 88.6 Å². The number of hydrogen-bond donors (Lipinski definition) is 2. The zero-order valence-electron chi connectivity index (χ0n) is 8.35. The lowest BCUT2D eigenvalue weighted by atomic mass is 9.96. The molecule has 2 nitrogen and oxygen atoms in total. The van der Waals surface area contributed by atoms with E-state index in [1.165, 1.54) is 11.1 Å². The van der Waals surface area contributed by atoms with E-state index in [2.05, 4.69) is 17.1 Å². The molecule has 1 aromatic heterocycles. The van der Waals surface area contributed by atoms with E-state index in [1.807, 2.05) is 30.5 Å². The van der Waals surface area contributed by atoms with Crippen LogP contribution in [0.15, 0.2) is 42.6 Å². The van der Waals surface area contributed by atoms with Gasteiger partial charge in [-0.15, -0.1) is 0 Å². The molecule has 76 valence electrons. The van der Waals surface area contributed by atoms with Gasteiger partial charge in [-0.05, 0) is 29.7 Å². The summed E-state index contributed by atoms with van der Waals surface area (Å²) in [5, 5.41) is 10.1. The number of aromatic nitrogens is 1. The molecule has 1 aliphatic rings. The van der Waals surface area contributed by atoms with Crippen LogP contribution in [-0.4, -0.2) is 16.2 Å². The van der Waals surface area contributed by atoms with Crippen LogP contribution in [0.5, 0.6) is 0 Å². The van der Waals surface area contributed by atoms with E-state index < -0.39 is 0 Å². The number of rotatable bonds is 1. The molecule has 0 saturated heterocycles. The van der Waals surface area contributed by atoms with Crippen LogP contribution in [0, 0.1) is 0 Å². The van der Waals surface area contributed by atoms with E-state index in [0.717, 1.165) is 12.1 Å². The molecule has 0 amide bonds. The summed E-state index contributed by atoms with van der Waals surface area (Å²) >= 11 is 0. The first-order valence-corrected chi connectivity index (χ1v) is 5.25. The summed E-state index contributed by atoms with van der Waals surface area (Å²) in [6.45, 7) is 0. The maximum absolute atomic E-state index is 10.1. The Morgan fingerprint density at radius 1 is 1.13 bits per heavy atom. The number of nitrogens with one attached hydrogen (secondary N) is 1. The lowest BCUT2D eigenvalue weighted by molar-refractivity contribution is 0.168. The Hall–Kier alpha value is -1.54. The second-order valence-corrected chi connectivity index (χ2v) is 4.07. The highest BCUT2D eigenvalue weighted by Gasteiger charge is 2.32. The van der Waals surface area contributed by atoms with Crippen LogP contribution in [0.3, 0.4) is 0 Å². The molecule has 0 aliphatic heterocycles. The van der Waals surface area contributed by atoms with Gasteiger partial charge in [0.15, 0.2) is 0 Å². The Kier molecular flexibility index (Phi) is 1.89. The normalized spacial score (nSPS) is 24.1. The molecule has 1 aromatic carbocycles. The number of aromatic amines is 1. The van der Waals surface area contributed by atoms with Gasteiger partial charge in [0.05, 0.1) is 12.0 Å². The third-order valence-corrected chi connectivity index (χ3v) is 3.16. The Bertz CT molecular complexity index is 461. The summed E-state index contributed by atoms with van der Waals surface area (Å²) in [5.41, 5.74) is 3.63. The Morgan fingerprint density at radius 2 is 2.00 bits per heavy atom. The fraction of sp³-hybridized carbons (Fsp3) is 0.231. The fourth-order valence-electron chi connectivity index (χ4n) is 2.49. The number of aliphatic hydroxyl groups excluding tert-OH is 1. The van der Waals surface area contributed by atoms with E-state index in [9.17, 15) is 5.11 Å². The van der Waals surface area contributed by atoms with Crippen molar-refractivity contribution in [2.45, 2.75) is 18.4 Å². The minimum Gasteiger partial charge on any atom is -0.392 e. The van der Waals surface area contributed by atoms with Crippen LogP contribution in [0.4, 0.5) is 0 Å². The third-order valence-electron chi connectivity index (χ3n) is 3.16.